The fourth-order valence-corrected chi connectivity index (χ4v) is 3.25. The Balaban J connectivity index is 1.74. The lowest BCUT2D eigenvalue weighted by molar-refractivity contribution is -0.124. The molecule has 0 aromatic heterocycles. The molecule has 0 radical (unpaired) electrons. The molecule has 1 saturated heterocycles. The maximum absolute atomic E-state index is 12.4. The third-order valence-electron chi connectivity index (χ3n) is 4.83. The third-order valence-corrected chi connectivity index (χ3v) is 5.06. The second-order valence-corrected chi connectivity index (χ2v) is 7.02. The van der Waals surface area contributed by atoms with Crippen molar-refractivity contribution >= 4 is 23.3 Å². The van der Waals surface area contributed by atoms with Gasteiger partial charge < -0.3 is 21.1 Å². The van der Waals surface area contributed by atoms with E-state index in [1.165, 1.54) is 0 Å². The number of nitrogens with two attached hydrogens (primary N) is 2. The first-order valence-electron chi connectivity index (χ1n) is 8.53. The highest BCUT2D eigenvalue weighted by Gasteiger charge is 2.35. The molecule has 25 heavy (non-hydrogen) atoms. The molecule has 1 heterocycles. The highest BCUT2D eigenvalue weighted by molar-refractivity contribution is 6.31. The van der Waals surface area contributed by atoms with Gasteiger partial charge in [0.25, 0.3) is 0 Å². The molecule has 0 spiro atoms. The smallest absolute Gasteiger partial charge is 0.237 e. The number of benzene rings is 1. The van der Waals surface area contributed by atoms with Crippen LogP contribution in [-0.4, -0.2) is 48.9 Å². The number of carbonyl (C=O) groups is 2. The van der Waals surface area contributed by atoms with Gasteiger partial charge in [0.1, 0.15) is 5.75 Å². The first kappa shape index (κ1) is 19.7. The quantitative estimate of drug-likeness (QED) is 0.540. The Kier molecular flexibility index (Phi) is 6.81. The van der Waals surface area contributed by atoms with Crippen LogP contribution in [0.3, 0.4) is 0 Å². The zero-order chi connectivity index (χ0) is 18.4. The average molecular weight is 368 g/mol. The molecule has 1 aromatic rings. The van der Waals surface area contributed by atoms with E-state index in [0.29, 0.717) is 35.6 Å². The van der Waals surface area contributed by atoms with E-state index >= 15 is 0 Å². The number of unbranched alkanes of at least 4 members (excludes halogenated alkanes) is 1. The second-order valence-electron chi connectivity index (χ2n) is 6.59. The topological polar surface area (TPSA) is 98.7 Å². The van der Waals surface area contributed by atoms with Crippen LogP contribution in [0.5, 0.6) is 5.75 Å². The van der Waals surface area contributed by atoms with Crippen molar-refractivity contribution in [2.45, 2.75) is 37.6 Å². The largest absolute Gasteiger partial charge is 0.496 e. The van der Waals surface area contributed by atoms with E-state index < -0.39 is 11.4 Å². The van der Waals surface area contributed by atoms with Gasteiger partial charge in [0, 0.05) is 24.5 Å². The monoisotopic (exact) mass is 367 g/mol. The van der Waals surface area contributed by atoms with Gasteiger partial charge in [-0.3, -0.25) is 9.59 Å². The second kappa shape index (κ2) is 8.65. The van der Waals surface area contributed by atoms with Crippen molar-refractivity contribution in [2.24, 2.45) is 11.5 Å². The number of halogens is 1. The predicted octanol–water partition coefficient (Wildman–Crippen LogP) is 1.98. The number of ether oxygens (including phenoxy) is 1. The summed E-state index contributed by atoms with van der Waals surface area (Å²) in [5.41, 5.74) is 11.0. The fourth-order valence-electron chi connectivity index (χ4n) is 3.08. The lowest BCUT2D eigenvalue weighted by Crippen LogP contribution is -2.58. The number of nitrogens with zero attached hydrogens (tertiary/aromatic N) is 1. The Morgan fingerprint density at radius 1 is 1.28 bits per heavy atom. The Hall–Kier alpha value is -1.63. The third kappa shape index (κ3) is 5.17. The van der Waals surface area contributed by atoms with Gasteiger partial charge in [0.15, 0.2) is 5.78 Å². The van der Waals surface area contributed by atoms with Gasteiger partial charge in [0.2, 0.25) is 5.91 Å². The number of ketones is 1. The molecule has 2 rings (SSSR count). The fraction of sp³-hybridized carbons (Fsp3) is 0.556. The summed E-state index contributed by atoms with van der Waals surface area (Å²) in [5.74, 6) is 0.164. The molecule has 1 aromatic carbocycles. The number of Topliss-reactive ketones (excluding diaryl/α,β-unsaturated/α-hetero) is 1. The Morgan fingerprint density at radius 2 is 1.96 bits per heavy atom. The molecule has 6 nitrogen and oxygen atoms in total. The summed E-state index contributed by atoms with van der Waals surface area (Å²) in [6.07, 6.45) is 3.31. The minimum absolute atomic E-state index is 0.0349. The van der Waals surface area contributed by atoms with Crippen LogP contribution >= 0.6 is 11.6 Å². The van der Waals surface area contributed by atoms with E-state index in [1.54, 1.807) is 25.3 Å². The predicted molar refractivity (Wildman–Crippen MR) is 98.0 cm³/mol. The molecule has 4 N–H and O–H groups in total. The van der Waals surface area contributed by atoms with E-state index in [1.807, 2.05) is 0 Å². The molecule has 138 valence electrons. The number of piperidine rings is 1. The van der Waals surface area contributed by atoms with E-state index in [2.05, 4.69) is 4.90 Å². The molecule has 1 aliphatic heterocycles. The van der Waals surface area contributed by atoms with E-state index in [0.717, 1.165) is 32.5 Å². The Morgan fingerprint density at radius 3 is 2.56 bits per heavy atom. The number of hydrogen-bond acceptors (Lipinski definition) is 5. The van der Waals surface area contributed by atoms with Gasteiger partial charge >= 0.3 is 0 Å². The summed E-state index contributed by atoms with van der Waals surface area (Å²) in [7, 11) is 1.54. The Bertz CT molecular complexity index is 628. The van der Waals surface area contributed by atoms with Crippen molar-refractivity contribution in [2.75, 3.05) is 26.7 Å². The van der Waals surface area contributed by atoms with E-state index in [-0.39, 0.29) is 5.78 Å². The van der Waals surface area contributed by atoms with Crippen LogP contribution in [0.4, 0.5) is 0 Å². The van der Waals surface area contributed by atoms with Crippen molar-refractivity contribution in [1.29, 1.82) is 0 Å². The SMILES string of the molecule is COc1ccc(Cl)cc1C(=O)CCCCN1CCC(N)(C(N)=O)CC1. The van der Waals surface area contributed by atoms with Crippen LogP contribution in [0, 0.1) is 0 Å². The molecule has 1 aliphatic rings. The zero-order valence-electron chi connectivity index (χ0n) is 14.6. The number of methoxy groups -OCH3 is 1. The minimum atomic E-state index is -0.865. The van der Waals surface area contributed by atoms with Crippen LogP contribution in [0.15, 0.2) is 18.2 Å². The first-order chi connectivity index (χ1) is 11.9. The summed E-state index contributed by atoms with van der Waals surface area (Å²) >= 11 is 5.97. The summed E-state index contributed by atoms with van der Waals surface area (Å²) in [4.78, 5) is 26.0. The molecule has 0 bridgehead atoms. The van der Waals surface area contributed by atoms with Gasteiger partial charge in [-0.25, -0.2) is 0 Å². The summed E-state index contributed by atoms with van der Waals surface area (Å²) in [6.45, 7) is 2.40. The number of primary amides is 1. The van der Waals surface area contributed by atoms with Crippen molar-refractivity contribution in [3.8, 4) is 5.75 Å². The van der Waals surface area contributed by atoms with Gasteiger partial charge in [-0.05, 0) is 50.4 Å². The highest BCUT2D eigenvalue weighted by Crippen LogP contribution is 2.25. The zero-order valence-corrected chi connectivity index (χ0v) is 15.3. The number of carbonyl (C=O) groups excluding carboxylic acids is 2. The highest BCUT2D eigenvalue weighted by atomic mass is 35.5. The molecule has 0 aliphatic carbocycles. The molecule has 0 atom stereocenters. The van der Waals surface area contributed by atoms with Crippen LogP contribution in [-0.2, 0) is 4.79 Å². The number of rotatable bonds is 8. The average Bonchev–Trinajstić information content (AvgIpc) is 2.60. The number of likely N-dealkylation sites (tertiary alicyclic amines) is 1. The van der Waals surface area contributed by atoms with E-state index in [4.69, 9.17) is 27.8 Å². The molecule has 0 saturated carbocycles. The summed E-state index contributed by atoms with van der Waals surface area (Å²) in [6, 6.07) is 5.07. The van der Waals surface area contributed by atoms with Crippen LogP contribution in [0.25, 0.3) is 0 Å². The lowest BCUT2D eigenvalue weighted by atomic mass is 9.88. The Labute approximate surface area is 153 Å². The number of hydrogen-bond donors (Lipinski definition) is 2. The van der Waals surface area contributed by atoms with E-state index in [9.17, 15) is 9.59 Å². The van der Waals surface area contributed by atoms with Crippen LogP contribution < -0.4 is 16.2 Å². The molecular formula is C18H26ClN3O3. The summed E-state index contributed by atoms with van der Waals surface area (Å²) in [5, 5.41) is 0.525. The maximum atomic E-state index is 12.4. The number of amides is 1. The van der Waals surface area contributed by atoms with Gasteiger partial charge in [-0.1, -0.05) is 11.6 Å². The van der Waals surface area contributed by atoms with Crippen molar-refractivity contribution in [3.63, 3.8) is 0 Å². The molecule has 1 amide bonds. The first-order valence-corrected chi connectivity index (χ1v) is 8.91. The minimum Gasteiger partial charge on any atom is -0.496 e. The van der Waals surface area contributed by atoms with Crippen LogP contribution in [0.1, 0.15) is 42.5 Å². The van der Waals surface area contributed by atoms with Crippen molar-refractivity contribution < 1.29 is 14.3 Å². The standard InChI is InChI=1S/C18H26ClN3O3/c1-25-16-6-5-13(19)12-14(16)15(23)4-2-3-9-22-10-7-18(21,8-11-22)17(20)24/h5-6,12H,2-4,7-11,21H2,1H3,(H2,20,24). The van der Waals surface area contributed by atoms with Gasteiger partial charge in [-0.2, -0.15) is 0 Å². The molecule has 7 heteroatoms. The van der Waals surface area contributed by atoms with Crippen molar-refractivity contribution in [3.05, 3.63) is 28.8 Å². The summed E-state index contributed by atoms with van der Waals surface area (Å²) < 4.78 is 5.22. The van der Waals surface area contributed by atoms with Gasteiger partial charge in [0.05, 0.1) is 18.2 Å². The van der Waals surface area contributed by atoms with Gasteiger partial charge in [-0.15, -0.1) is 0 Å². The lowest BCUT2D eigenvalue weighted by Gasteiger charge is -2.36. The van der Waals surface area contributed by atoms with Crippen molar-refractivity contribution in [1.82, 2.24) is 4.90 Å². The molecule has 0 unspecified atom stereocenters. The van der Waals surface area contributed by atoms with Crippen LogP contribution in [0.2, 0.25) is 5.02 Å². The molecule has 1 fully saturated rings. The molecular weight excluding hydrogens is 342 g/mol. The normalized spacial score (nSPS) is 17.2. The maximum Gasteiger partial charge on any atom is 0.237 e.